The molecule has 166 valence electrons. The first-order valence-electron chi connectivity index (χ1n) is 10.8. The number of thiophene rings is 1. The van der Waals surface area contributed by atoms with Crippen molar-refractivity contribution in [1.29, 1.82) is 0 Å². The molecule has 0 aliphatic carbocycles. The van der Waals surface area contributed by atoms with Gasteiger partial charge >= 0.3 is 0 Å². The zero-order valence-corrected chi connectivity index (χ0v) is 19.4. The lowest BCUT2D eigenvalue weighted by molar-refractivity contribution is -0.140. The van der Waals surface area contributed by atoms with E-state index in [0.29, 0.717) is 32.5 Å². The van der Waals surface area contributed by atoms with Crippen molar-refractivity contribution in [2.24, 2.45) is 0 Å². The van der Waals surface area contributed by atoms with Crippen molar-refractivity contribution in [3.63, 3.8) is 0 Å². The third kappa shape index (κ3) is 6.92. The molecule has 2 aromatic carbocycles. The van der Waals surface area contributed by atoms with E-state index in [9.17, 15) is 9.59 Å². The van der Waals surface area contributed by atoms with Crippen LogP contribution in [-0.4, -0.2) is 34.7 Å². The average Bonchev–Trinajstić information content (AvgIpc) is 3.22. The molecule has 0 fully saturated rings. The molecule has 5 heteroatoms. The van der Waals surface area contributed by atoms with Crippen molar-refractivity contribution in [3.8, 4) is 0 Å². The lowest BCUT2D eigenvalue weighted by atomic mass is 10.1. The summed E-state index contributed by atoms with van der Waals surface area (Å²) in [5, 5.41) is 2.05. The van der Waals surface area contributed by atoms with E-state index in [1.54, 1.807) is 22.3 Å². The highest BCUT2D eigenvalue weighted by Gasteiger charge is 2.22. The third-order valence-corrected chi connectivity index (χ3v) is 6.38. The minimum atomic E-state index is -0.0587. The normalized spacial score (nSPS) is 10.5. The molecule has 0 spiro atoms. The minimum Gasteiger partial charge on any atom is -0.332 e. The van der Waals surface area contributed by atoms with Crippen molar-refractivity contribution in [1.82, 2.24) is 9.80 Å². The van der Waals surface area contributed by atoms with Gasteiger partial charge in [-0.2, -0.15) is 0 Å². The first kappa shape index (κ1) is 23.5. The Hall–Kier alpha value is -3.18. The monoisotopic (exact) mass is 446 g/mol. The molecule has 2 amide bonds. The van der Waals surface area contributed by atoms with Crippen molar-refractivity contribution >= 4 is 23.2 Å². The maximum absolute atomic E-state index is 13.4. The molecular weight excluding hydrogens is 416 g/mol. The number of amides is 2. The summed E-state index contributed by atoms with van der Waals surface area (Å²) in [6.45, 7) is 7.30. The highest BCUT2D eigenvalue weighted by molar-refractivity contribution is 7.10. The van der Waals surface area contributed by atoms with Crippen LogP contribution in [-0.2, 0) is 29.1 Å². The maximum atomic E-state index is 13.4. The second-order valence-electron chi connectivity index (χ2n) is 7.81. The Morgan fingerprint density at radius 2 is 1.53 bits per heavy atom. The Kier molecular flexibility index (Phi) is 8.81. The van der Waals surface area contributed by atoms with E-state index in [2.05, 4.69) is 19.6 Å². The van der Waals surface area contributed by atoms with Gasteiger partial charge < -0.3 is 9.80 Å². The number of hydrogen-bond acceptors (Lipinski definition) is 3. The van der Waals surface area contributed by atoms with Crippen LogP contribution in [0.25, 0.3) is 0 Å². The SMILES string of the molecule is C=CCN(CC(=O)N(Cc1ccccc1)Cc1sccc1C)C(=O)CCc1ccccc1. The Morgan fingerprint density at radius 1 is 0.875 bits per heavy atom. The van der Waals surface area contributed by atoms with Gasteiger partial charge in [0.1, 0.15) is 6.54 Å². The lowest BCUT2D eigenvalue weighted by Gasteiger charge is -2.27. The van der Waals surface area contributed by atoms with Crippen LogP contribution in [0.15, 0.2) is 84.8 Å². The molecule has 3 aromatic rings. The summed E-state index contributed by atoms with van der Waals surface area (Å²) in [6, 6.07) is 22.0. The van der Waals surface area contributed by atoms with Crippen molar-refractivity contribution in [3.05, 3.63) is 106 Å². The lowest BCUT2D eigenvalue weighted by Crippen LogP contribution is -2.42. The predicted octanol–water partition coefficient (Wildman–Crippen LogP) is 5.23. The summed E-state index contributed by atoms with van der Waals surface area (Å²) in [7, 11) is 0. The van der Waals surface area contributed by atoms with Gasteiger partial charge in [-0.25, -0.2) is 0 Å². The van der Waals surface area contributed by atoms with Gasteiger partial charge in [0.05, 0.1) is 6.54 Å². The van der Waals surface area contributed by atoms with Crippen LogP contribution in [0.4, 0.5) is 0 Å². The molecule has 0 aliphatic rings. The Labute approximate surface area is 194 Å². The maximum Gasteiger partial charge on any atom is 0.242 e. The zero-order chi connectivity index (χ0) is 22.8. The first-order valence-corrected chi connectivity index (χ1v) is 11.7. The summed E-state index contributed by atoms with van der Waals surface area (Å²) in [4.78, 5) is 30.9. The molecule has 0 radical (unpaired) electrons. The van der Waals surface area contributed by atoms with E-state index in [1.165, 1.54) is 10.4 Å². The number of rotatable bonds is 11. The van der Waals surface area contributed by atoms with Gasteiger partial charge in [-0.1, -0.05) is 66.7 Å². The molecule has 1 aromatic heterocycles. The number of carbonyl (C=O) groups is 2. The average molecular weight is 447 g/mol. The van der Waals surface area contributed by atoms with Crippen molar-refractivity contribution in [2.75, 3.05) is 13.1 Å². The summed E-state index contributed by atoms with van der Waals surface area (Å²) >= 11 is 1.66. The van der Waals surface area contributed by atoms with E-state index < -0.39 is 0 Å². The van der Waals surface area contributed by atoms with E-state index in [0.717, 1.165) is 11.1 Å². The summed E-state index contributed by atoms with van der Waals surface area (Å²) < 4.78 is 0. The molecule has 4 nitrogen and oxygen atoms in total. The van der Waals surface area contributed by atoms with Gasteiger partial charge in [0, 0.05) is 24.4 Å². The third-order valence-electron chi connectivity index (χ3n) is 5.37. The van der Waals surface area contributed by atoms with E-state index in [4.69, 9.17) is 0 Å². The number of carbonyl (C=O) groups excluding carboxylic acids is 2. The molecule has 0 N–H and O–H groups in total. The topological polar surface area (TPSA) is 40.6 Å². The number of hydrogen-bond donors (Lipinski definition) is 0. The van der Waals surface area contributed by atoms with Gasteiger partial charge in [0.15, 0.2) is 0 Å². The smallest absolute Gasteiger partial charge is 0.242 e. The summed E-state index contributed by atoms with van der Waals surface area (Å²) in [6.07, 6.45) is 2.70. The van der Waals surface area contributed by atoms with Crippen LogP contribution in [0.1, 0.15) is 28.0 Å². The molecule has 0 atom stereocenters. The first-order chi connectivity index (χ1) is 15.6. The fourth-order valence-corrected chi connectivity index (χ4v) is 4.42. The number of benzene rings is 2. The molecule has 0 aliphatic heterocycles. The summed E-state index contributed by atoms with van der Waals surface area (Å²) in [5.74, 6) is -0.0920. The minimum absolute atomic E-state index is 0.0333. The van der Waals surface area contributed by atoms with E-state index in [-0.39, 0.29) is 18.4 Å². The zero-order valence-electron chi connectivity index (χ0n) is 18.6. The molecule has 32 heavy (non-hydrogen) atoms. The highest BCUT2D eigenvalue weighted by Crippen LogP contribution is 2.20. The molecule has 0 saturated carbocycles. The molecular formula is C27H30N2O2S. The Bertz CT molecular complexity index is 1010. The fourth-order valence-electron chi connectivity index (χ4n) is 3.50. The molecule has 0 unspecified atom stereocenters. The van der Waals surface area contributed by atoms with E-state index in [1.807, 2.05) is 70.9 Å². The van der Waals surface area contributed by atoms with Gasteiger partial charge in [-0.15, -0.1) is 17.9 Å². The van der Waals surface area contributed by atoms with Crippen LogP contribution in [0, 0.1) is 6.92 Å². The number of nitrogens with zero attached hydrogens (tertiary/aromatic N) is 2. The summed E-state index contributed by atoms with van der Waals surface area (Å²) in [5.41, 5.74) is 3.37. The molecule has 1 heterocycles. The standard InChI is InChI=1S/C27H30N2O2S/c1-3-17-28(26(30)15-14-23-10-6-4-7-11-23)21-27(31)29(19-24-12-8-5-9-13-24)20-25-22(2)16-18-32-25/h3-13,16,18H,1,14-15,17,19-21H2,2H3. The second-order valence-corrected chi connectivity index (χ2v) is 8.81. The molecule has 0 saturated heterocycles. The van der Waals surface area contributed by atoms with E-state index >= 15 is 0 Å². The molecule has 0 bridgehead atoms. The number of aryl methyl sites for hydroxylation is 2. The van der Waals surface area contributed by atoms with Crippen LogP contribution < -0.4 is 0 Å². The Balaban J connectivity index is 1.69. The van der Waals surface area contributed by atoms with Gasteiger partial charge in [0.2, 0.25) is 11.8 Å². The van der Waals surface area contributed by atoms with Crippen LogP contribution >= 0.6 is 11.3 Å². The fraction of sp³-hybridized carbons (Fsp3) is 0.259. The van der Waals surface area contributed by atoms with Crippen molar-refractivity contribution in [2.45, 2.75) is 32.9 Å². The Morgan fingerprint density at radius 3 is 2.12 bits per heavy atom. The van der Waals surface area contributed by atoms with Gasteiger partial charge in [-0.05, 0) is 41.5 Å². The largest absolute Gasteiger partial charge is 0.332 e. The predicted molar refractivity (Wildman–Crippen MR) is 131 cm³/mol. The van der Waals surface area contributed by atoms with Gasteiger partial charge in [0.25, 0.3) is 0 Å². The molecule has 3 rings (SSSR count). The van der Waals surface area contributed by atoms with Gasteiger partial charge in [-0.3, -0.25) is 9.59 Å². The van der Waals surface area contributed by atoms with Crippen molar-refractivity contribution < 1.29 is 9.59 Å². The van der Waals surface area contributed by atoms with Crippen LogP contribution in [0.3, 0.4) is 0 Å². The van der Waals surface area contributed by atoms with Crippen LogP contribution in [0.5, 0.6) is 0 Å². The van der Waals surface area contributed by atoms with Crippen LogP contribution in [0.2, 0.25) is 0 Å². The highest BCUT2D eigenvalue weighted by atomic mass is 32.1. The second kappa shape index (κ2) is 12.0. The quantitative estimate of drug-likeness (QED) is 0.378.